The summed E-state index contributed by atoms with van der Waals surface area (Å²) >= 11 is 0. The van der Waals surface area contributed by atoms with Gasteiger partial charge >= 0.3 is 5.97 Å². The van der Waals surface area contributed by atoms with Crippen molar-refractivity contribution < 1.29 is 28.7 Å². The predicted molar refractivity (Wildman–Crippen MR) is 109 cm³/mol. The molecule has 2 aromatic rings. The monoisotopic (exact) mass is 410 g/mol. The number of nitrogens with zero attached hydrogens (tertiary/aromatic N) is 1. The predicted octanol–water partition coefficient (Wildman–Crippen LogP) is 2.74. The molecular formula is C22H22N2O6. The van der Waals surface area contributed by atoms with Gasteiger partial charge in [0.25, 0.3) is 17.7 Å². The lowest BCUT2D eigenvalue weighted by molar-refractivity contribution is -0.142. The Bertz CT molecular complexity index is 1010. The van der Waals surface area contributed by atoms with Gasteiger partial charge in [-0.05, 0) is 36.2 Å². The molecule has 30 heavy (non-hydrogen) atoms. The fourth-order valence-corrected chi connectivity index (χ4v) is 3.03. The van der Waals surface area contributed by atoms with E-state index in [0.717, 1.165) is 0 Å². The normalized spacial score (nSPS) is 12.7. The second-order valence-electron chi connectivity index (χ2n) is 7.22. The molecule has 1 aliphatic rings. The number of ether oxygens (including phenoxy) is 2. The van der Waals surface area contributed by atoms with Gasteiger partial charge in [0, 0.05) is 23.9 Å². The lowest BCUT2D eigenvalue weighted by atomic mass is 10.1. The summed E-state index contributed by atoms with van der Waals surface area (Å²) in [7, 11) is 1.26. The SMILES string of the molecule is COC(=O)COc1cccc(NC(=O)c2ccc3c(c2)C(=O)N(CC(C)C)C3=O)c1. The van der Waals surface area contributed by atoms with Crippen LogP contribution >= 0.6 is 0 Å². The van der Waals surface area contributed by atoms with Gasteiger partial charge in [-0.2, -0.15) is 0 Å². The lowest BCUT2D eigenvalue weighted by Crippen LogP contribution is -2.33. The molecule has 0 spiro atoms. The molecule has 0 unspecified atom stereocenters. The summed E-state index contributed by atoms with van der Waals surface area (Å²) in [5.74, 6) is -1.16. The van der Waals surface area contributed by atoms with Crippen molar-refractivity contribution in [3.8, 4) is 5.75 Å². The lowest BCUT2D eigenvalue weighted by Gasteiger charge is -2.15. The third kappa shape index (κ3) is 4.48. The molecule has 8 heteroatoms. The Morgan fingerprint density at radius 2 is 1.77 bits per heavy atom. The number of imide groups is 1. The summed E-state index contributed by atoms with van der Waals surface area (Å²) in [5, 5.41) is 2.72. The quantitative estimate of drug-likeness (QED) is 0.556. The third-order valence-corrected chi connectivity index (χ3v) is 4.46. The van der Waals surface area contributed by atoms with Crippen molar-refractivity contribution in [2.24, 2.45) is 5.92 Å². The number of hydrogen-bond acceptors (Lipinski definition) is 6. The van der Waals surface area contributed by atoms with Gasteiger partial charge in [0.15, 0.2) is 6.61 Å². The molecule has 3 rings (SSSR count). The van der Waals surface area contributed by atoms with Crippen LogP contribution in [-0.4, -0.2) is 48.9 Å². The van der Waals surface area contributed by atoms with E-state index < -0.39 is 17.8 Å². The number of esters is 1. The van der Waals surface area contributed by atoms with E-state index in [1.165, 1.54) is 30.2 Å². The summed E-state index contributed by atoms with van der Waals surface area (Å²) in [6, 6.07) is 11.0. The number of methoxy groups -OCH3 is 1. The zero-order chi connectivity index (χ0) is 21.8. The van der Waals surface area contributed by atoms with Gasteiger partial charge in [-0.1, -0.05) is 19.9 Å². The smallest absolute Gasteiger partial charge is 0.343 e. The molecule has 3 amide bonds. The van der Waals surface area contributed by atoms with Crippen molar-refractivity contribution in [3.63, 3.8) is 0 Å². The number of carbonyl (C=O) groups excluding carboxylic acids is 4. The highest BCUT2D eigenvalue weighted by molar-refractivity contribution is 6.22. The molecule has 0 atom stereocenters. The molecule has 0 radical (unpaired) electrons. The van der Waals surface area contributed by atoms with Gasteiger partial charge in [-0.15, -0.1) is 0 Å². The van der Waals surface area contributed by atoms with Gasteiger partial charge in [-0.3, -0.25) is 19.3 Å². The van der Waals surface area contributed by atoms with E-state index in [9.17, 15) is 19.2 Å². The molecule has 0 bridgehead atoms. The number of carbonyl (C=O) groups is 4. The molecule has 0 saturated carbocycles. The topological polar surface area (TPSA) is 102 Å². The molecule has 1 heterocycles. The molecule has 0 aromatic heterocycles. The maximum Gasteiger partial charge on any atom is 0.343 e. The van der Waals surface area contributed by atoms with Crippen molar-refractivity contribution in [2.75, 3.05) is 25.6 Å². The Labute approximate surface area is 173 Å². The molecule has 0 saturated heterocycles. The molecule has 1 N–H and O–H groups in total. The zero-order valence-electron chi connectivity index (χ0n) is 16.9. The maximum absolute atomic E-state index is 12.6. The largest absolute Gasteiger partial charge is 0.482 e. The minimum atomic E-state index is -0.520. The van der Waals surface area contributed by atoms with E-state index in [-0.39, 0.29) is 29.6 Å². The number of hydrogen-bond donors (Lipinski definition) is 1. The standard InChI is InChI=1S/C22H22N2O6/c1-13(2)11-24-21(27)17-8-7-14(9-18(17)22(24)28)20(26)23-15-5-4-6-16(10-15)30-12-19(25)29-3/h4-10,13H,11-12H2,1-3H3,(H,23,26). The number of fused-ring (bicyclic) bond motifs is 1. The van der Waals surface area contributed by atoms with Crippen LogP contribution in [-0.2, 0) is 9.53 Å². The fraction of sp³-hybridized carbons (Fsp3) is 0.273. The number of anilines is 1. The van der Waals surface area contributed by atoms with Crippen LogP contribution in [0.15, 0.2) is 42.5 Å². The van der Waals surface area contributed by atoms with Gasteiger partial charge in [0.1, 0.15) is 5.75 Å². The van der Waals surface area contributed by atoms with Crippen LogP contribution in [0.1, 0.15) is 44.9 Å². The molecular weight excluding hydrogens is 388 g/mol. The molecule has 8 nitrogen and oxygen atoms in total. The second-order valence-corrected chi connectivity index (χ2v) is 7.22. The van der Waals surface area contributed by atoms with Crippen LogP contribution in [0, 0.1) is 5.92 Å². The molecule has 1 aliphatic heterocycles. The van der Waals surface area contributed by atoms with Gasteiger partial charge in [0.05, 0.1) is 18.2 Å². The van der Waals surface area contributed by atoms with Crippen LogP contribution < -0.4 is 10.1 Å². The van der Waals surface area contributed by atoms with Crippen molar-refractivity contribution in [2.45, 2.75) is 13.8 Å². The van der Waals surface area contributed by atoms with Crippen molar-refractivity contribution in [1.29, 1.82) is 0 Å². The Kier molecular flexibility index (Phi) is 6.15. The Morgan fingerprint density at radius 1 is 1.03 bits per heavy atom. The first-order valence-corrected chi connectivity index (χ1v) is 9.41. The minimum absolute atomic E-state index is 0.142. The molecule has 0 aliphatic carbocycles. The highest BCUT2D eigenvalue weighted by Crippen LogP contribution is 2.25. The van der Waals surface area contributed by atoms with Gasteiger partial charge in [0.2, 0.25) is 0 Å². The molecule has 156 valence electrons. The van der Waals surface area contributed by atoms with Crippen molar-refractivity contribution in [3.05, 3.63) is 59.2 Å². The average molecular weight is 410 g/mol. The van der Waals surface area contributed by atoms with E-state index in [4.69, 9.17) is 4.74 Å². The minimum Gasteiger partial charge on any atom is -0.482 e. The Balaban J connectivity index is 1.74. The zero-order valence-corrected chi connectivity index (χ0v) is 16.9. The van der Waals surface area contributed by atoms with E-state index in [0.29, 0.717) is 23.5 Å². The van der Waals surface area contributed by atoms with Gasteiger partial charge < -0.3 is 14.8 Å². The number of amides is 3. The van der Waals surface area contributed by atoms with Gasteiger partial charge in [-0.25, -0.2) is 4.79 Å². The number of rotatable bonds is 7. The highest BCUT2D eigenvalue weighted by Gasteiger charge is 2.36. The first-order valence-electron chi connectivity index (χ1n) is 9.41. The summed E-state index contributed by atoms with van der Waals surface area (Å²) in [5.41, 5.74) is 1.23. The van der Waals surface area contributed by atoms with Crippen LogP contribution in [0.5, 0.6) is 5.75 Å². The van der Waals surface area contributed by atoms with E-state index >= 15 is 0 Å². The first-order chi connectivity index (χ1) is 14.3. The summed E-state index contributed by atoms with van der Waals surface area (Å²) in [6.07, 6.45) is 0. The van der Waals surface area contributed by atoms with Crippen LogP contribution in [0.3, 0.4) is 0 Å². The van der Waals surface area contributed by atoms with Crippen LogP contribution in [0.2, 0.25) is 0 Å². The van der Waals surface area contributed by atoms with E-state index in [1.807, 2.05) is 13.8 Å². The Morgan fingerprint density at radius 3 is 2.47 bits per heavy atom. The first kappa shape index (κ1) is 21.0. The fourth-order valence-electron chi connectivity index (χ4n) is 3.03. The summed E-state index contributed by atoms with van der Waals surface area (Å²) in [6.45, 7) is 3.92. The molecule has 0 fully saturated rings. The van der Waals surface area contributed by atoms with Crippen LogP contribution in [0.4, 0.5) is 5.69 Å². The average Bonchev–Trinajstić information content (AvgIpc) is 2.96. The van der Waals surface area contributed by atoms with Crippen molar-refractivity contribution >= 4 is 29.4 Å². The highest BCUT2D eigenvalue weighted by atomic mass is 16.6. The molecule has 2 aromatic carbocycles. The summed E-state index contributed by atoms with van der Waals surface area (Å²) in [4.78, 5) is 50.1. The van der Waals surface area contributed by atoms with E-state index in [2.05, 4.69) is 10.1 Å². The maximum atomic E-state index is 12.6. The third-order valence-electron chi connectivity index (χ3n) is 4.46. The van der Waals surface area contributed by atoms with Crippen molar-refractivity contribution in [1.82, 2.24) is 4.90 Å². The summed E-state index contributed by atoms with van der Waals surface area (Å²) < 4.78 is 9.82. The Hall–Kier alpha value is -3.68. The number of benzene rings is 2. The number of nitrogens with one attached hydrogen (secondary N) is 1. The van der Waals surface area contributed by atoms with E-state index in [1.54, 1.807) is 24.3 Å². The second kappa shape index (κ2) is 8.77. The van der Waals surface area contributed by atoms with Crippen LogP contribution in [0.25, 0.3) is 0 Å².